The molecule has 562 valence electrons. The number of amides is 2. The average molecular weight is 1400 g/mol. The van der Waals surface area contributed by atoms with Crippen molar-refractivity contribution in [2.45, 2.75) is 320 Å². The molecule has 2 amide bonds. The summed E-state index contributed by atoms with van der Waals surface area (Å²) in [5.41, 5.74) is -3.33. The highest BCUT2D eigenvalue weighted by molar-refractivity contribution is 5.80. The minimum atomic E-state index is -2.05. The van der Waals surface area contributed by atoms with E-state index in [4.69, 9.17) is 37.9 Å². The monoisotopic (exact) mass is 1400 g/mol. The van der Waals surface area contributed by atoms with Gasteiger partial charge in [0, 0.05) is 12.5 Å². The first-order valence-electron chi connectivity index (χ1n) is 35.8. The van der Waals surface area contributed by atoms with Crippen molar-refractivity contribution >= 4 is 24.1 Å². The van der Waals surface area contributed by atoms with Crippen molar-refractivity contribution in [3.8, 4) is 0 Å². The largest absolute Gasteiger partial charge is 0.432 e. The fraction of sp³-hybridized carbons (Fsp3) is 0.914. The normalized spacial score (nSPS) is 46.5. The molecule has 0 spiro atoms. The fourth-order valence-electron chi connectivity index (χ4n) is 19.0. The van der Waals surface area contributed by atoms with Gasteiger partial charge in [0.1, 0.15) is 78.8 Å². The smallest absolute Gasteiger partial charge is 0.317 e. The van der Waals surface area contributed by atoms with Crippen LogP contribution in [0, 0.1) is 62.1 Å². The Kier molecular flexibility index (Phi) is 25.0. The topological polar surface area (TPSA) is 449 Å². The van der Waals surface area contributed by atoms with Gasteiger partial charge >= 0.3 is 5.97 Å². The molecule has 5 aliphatic carbocycles. The summed E-state index contributed by atoms with van der Waals surface area (Å²) in [6.45, 7) is 19.7. The number of aliphatic hydroxyl groups excluding tert-OH is 14. The molecule has 4 heterocycles. The van der Waals surface area contributed by atoms with E-state index in [0.717, 1.165) is 11.9 Å². The van der Waals surface area contributed by atoms with Gasteiger partial charge in [-0.05, 0) is 122 Å². The summed E-state index contributed by atoms with van der Waals surface area (Å²) in [6.07, 6.45) is -26.0. The maximum Gasteiger partial charge on any atom is 0.317 e. The maximum atomic E-state index is 15.9. The lowest BCUT2D eigenvalue weighted by molar-refractivity contribution is -0.370. The SMILES string of the molecule is CC[C@H](C)[C@H](C[C@H](O)CC(=O)N[C@H]1C(CO)O[C@@H](OC(=O)[C@]23CCC(C)(C)CC2C2=CCC4C5(C)CC[C@H](O)C(C)(C=O)[C@@H]5CCC4(C)[C@]2(C)C[C@@H]3O)C(O[C@@H]2OC(C)[C@H](O[C@@H]3OC[C@@H](O)C(O)C3O)C(O)C2O)C1O)NC(=O)C[C@@H](O)C[C@H](O[C@@H]1O[C@@H](CO)C(O)C1O)[C@@H](C)CC. The van der Waals surface area contributed by atoms with Crippen LogP contribution in [0.4, 0.5) is 0 Å². The minimum absolute atomic E-state index is 0.0495. The Hall–Kier alpha value is -3.02. The van der Waals surface area contributed by atoms with E-state index in [-0.39, 0.29) is 60.2 Å². The van der Waals surface area contributed by atoms with Crippen molar-refractivity contribution in [2.24, 2.45) is 62.1 Å². The van der Waals surface area contributed by atoms with Gasteiger partial charge in [-0.2, -0.15) is 0 Å². The predicted octanol–water partition coefficient (Wildman–Crippen LogP) is -0.236. The van der Waals surface area contributed by atoms with Crippen LogP contribution in [0.1, 0.15) is 172 Å². The Balaban J connectivity index is 0.942. The Bertz CT molecular complexity index is 2770. The number of aliphatic hydroxyl groups is 14. The van der Waals surface area contributed by atoms with Crippen molar-refractivity contribution in [1.29, 1.82) is 0 Å². The number of aldehydes is 1. The van der Waals surface area contributed by atoms with Crippen LogP contribution in [-0.4, -0.2) is 262 Å². The van der Waals surface area contributed by atoms with Crippen LogP contribution in [0.3, 0.4) is 0 Å². The summed E-state index contributed by atoms with van der Waals surface area (Å²) in [4.78, 5) is 56.7. The van der Waals surface area contributed by atoms with Gasteiger partial charge < -0.3 is 125 Å². The zero-order valence-electron chi connectivity index (χ0n) is 58.8. The van der Waals surface area contributed by atoms with E-state index in [1.807, 2.05) is 34.6 Å². The molecule has 28 nitrogen and oxygen atoms in total. The summed E-state index contributed by atoms with van der Waals surface area (Å²) in [6, 6.07) is -2.37. The molecule has 0 bridgehead atoms. The molecular formula is C70H116N2O26. The molecule has 15 unspecified atom stereocenters. The van der Waals surface area contributed by atoms with Crippen molar-refractivity contribution < 1.29 is 129 Å². The Morgan fingerprint density at radius 1 is 0.663 bits per heavy atom. The first-order valence-corrected chi connectivity index (χ1v) is 35.8. The summed E-state index contributed by atoms with van der Waals surface area (Å²) < 4.78 is 48.1. The van der Waals surface area contributed by atoms with E-state index in [1.165, 1.54) is 6.92 Å². The number of allylic oxidation sites excluding steroid dienone is 2. The molecule has 8 fully saturated rings. The lowest BCUT2D eigenvalue weighted by Gasteiger charge is -2.71. The Labute approximate surface area is 574 Å². The van der Waals surface area contributed by atoms with Crippen molar-refractivity contribution in [1.82, 2.24) is 10.6 Å². The fourth-order valence-corrected chi connectivity index (χ4v) is 19.0. The number of hydrogen-bond acceptors (Lipinski definition) is 26. The second-order valence-corrected chi connectivity index (χ2v) is 32.4. The van der Waals surface area contributed by atoms with Gasteiger partial charge in [0.25, 0.3) is 0 Å². The first kappa shape index (κ1) is 79.1. The highest BCUT2D eigenvalue weighted by Crippen LogP contribution is 2.76. The lowest BCUT2D eigenvalue weighted by Crippen LogP contribution is -2.69. The molecule has 4 saturated carbocycles. The van der Waals surface area contributed by atoms with Gasteiger partial charge in [-0.15, -0.1) is 0 Å². The highest BCUT2D eigenvalue weighted by atomic mass is 16.8. The van der Waals surface area contributed by atoms with Crippen LogP contribution in [0.5, 0.6) is 0 Å². The number of ether oxygens (including phenoxy) is 8. The number of fused-ring (bicyclic) bond motifs is 7. The number of hydrogen-bond donors (Lipinski definition) is 16. The van der Waals surface area contributed by atoms with Crippen molar-refractivity contribution in [3.63, 3.8) is 0 Å². The number of rotatable bonds is 25. The van der Waals surface area contributed by atoms with Crippen LogP contribution in [0.25, 0.3) is 0 Å². The molecule has 0 aromatic heterocycles. The Morgan fingerprint density at radius 2 is 1.29 bits per heavy atom. The Morgan fingerprint density at radius 3 is 1.93 bits per heavy atom. The van der Waals surface area contributed by atoms with E-state index in [0.29, 0.717) is 57.8 Å². The molecule has 0 aromatic rings. The third kappa shape index (κ3) is 14.9. The van der Waals surface area contributed by atoms with Crippen molar-refractivity contribution in [2.75, 3.05) is 19.8 Å². The van der Waals surface area contributed by atoms with E-state index in [2.05, 4.69) is 51.3 Å². The highest BCUT2D eigenvalue weighted by Gasteiger charge is 2.72. The second kappa shape index (κ2) is 31.0. The van der Waals surface area contributed by atoms with Crippen LogP contribution >= 0.6 is 0 Å². The van der Waals surface area contributed by atoms with Crippen LogP contribution in [0.2, 0.25) is 0 Å². The summed E-state index contributed by atoms with van der Waals surface area (Å²) in [5.74, 6) is -3.49. The standard InChI is InChI=1S/C70H116N2O26/c1-12-32(3)39(71-48(81)25-36(77)23-41(33(4)13-2)93-62-56(88)52(84)43(29-74)95-62)22-35(76)24-49(82)72-50-42(28-73)94-63(59(53(50)85)97-61-57(89)54(86)58(34(5)92-61)96-60-55(87)51(83)40(78)30-91-60)98-64(90)70-21-20-65(6,7)26-38(70)37-14-15-45-66(8)18-17-46(79)67(9,31-75)44(66)16-19-68(45,10)69(37,11)27-47(70)80/h14,31-36,38-47,50-63,73-74,76-80,83-89H,12-13,15-30H2,1-11H3,(H,71,81)(H,72,82)/t32-,33-,34?,35-,36-,38?,39-,40+,41-,42?,43-,44+,45?,46-,47-,50-,51?,52?,53?,54?,55?,56?,57?,58-,59?,60-,61-,62+,63-,66?,67?,68?,69+,70+/m0/s1. The van der Waals surface area contributed by atoms with Gasteiger partial charge in [0.2, 0.25) is 18.1 Å². The summed E-state index contributed by atoms with van der Waals surface area (Å²) in [7, 11) is 0. The molecular weight excluding hydrogens is 1280 g/mol. The minimum Gasteiger partial charge on any atom is -0.432 e. The number of carbonyl (C=O) groups is 4. The zero-order chi connectivity index (χ0) is 72.3. The molecule has 98 heavy (non-hydrogen) atoms. The average Bonchev–Trinajstić information content (AvgIpc) is 0.746. The number of esters is 1. The molecule has 4 aliphatic heterocycles. The van der Waals surface area contributed by atoms with Gasteiger partial charge in [-0.25, -0.2) is 0 Å². The van der Waals surface area contributed by atoms with Gasteiger partial charge in [-0.3, -0.25) is 14.4 Å². The molecule has 0 radical (unpaired) electrons. The van der Waals surface area contributed by atoms with Crippen molar-refractivity contribution in [3.05, 3.63) is 11.6 Å². The summed E-state index contributed by atoms with van der Waals surface area (Å²) >= 11 is 0. The second-order valence-electron chi connectivity index (χ2n) is 32.4. The molecule has 16 N–H and O–H groups in total. The number of nitrogens with one attached hydrogen (secondary N) is 2. The third-order valence-electron chi connectivity index (χ3n) is 25.9. The zero-order valence-corrected chi connectivity index (χ0v) is 58.8. The molecule has 4 saturated heterocycles. The first-order chi connectivity index (χ1) is 45.9. The molecule has 34 atom stereocenters. The van der Waals surface area contributed by atoms with Crippen LogP contribution in [-0.2, 0) is 57.1 Å². The van der Waals surface area contributed by atoms with E-state index < -0.39 is 225 Å². The van der Waals surface area contributed by atoms with E-state index >= 15 is 4.79 Å². The van der Waals surface area contributed by atoms with E-state index in [1.54, 1.807) is 0 Å². The van der Waals surface area contributed by atoms with Crippen LogP contribution < -0.4 is 10.6 Å². The van der Waals surface area contributed by atoms with Gasteiger partial charge in [0.15, 0.2) is 25.0 Å². The lowest BCUT2D eigenvalue weighted by atomic mass is 9.33. The molecule has 9 aliphatic rings. The van der Waals surface area contributed by atoms with Gasteiger partial charge in [-0.1, -0.05) is 93.7 Å². The summed E-state index contributed by atoms with van der Waals surface area (Å²) in [5, 5.41) is 162. The third-order valence-corrected chi connectivity index (χ3v) is 25.9. The van der Waals surface area contributed by atoms with E-state index in [9.17, 15) is 85.9 Å². The quantitative estimate of drug-likeness (QED) is 0.0319. The molecule has 28 heteroatoms. The van der Waals surface area contributed by atoms with Crippen LogP contribution in [0.15, 0.2) is 11.6 Å². The predicted molar refractivity (Wildman–Crippen MR) is 344 cm³/mol. The number of carbonyl (C=O) groups excluding carboxylic acids is 4. The maximum absolute atomic E-state index is 15.9. The molecule has 9 rings (SSSR count). The van der Waals surface area contributed by atoms with Gasteiger partial charge in [0.05, 0.1) is 80.7 Å². The molecule has 0 aromatic carbocycles.